The second kappa shape index (κ2) is 7.91. The molecule has 0 aromatic carbocycles. The van der Waals surface area contributed by atoms with Crippen molar-refractivity contribution < 1.29 is 22.3 Å². The van der Waals surface area contributed by atoms with Crippen LogP contribution in [0.1, 0.15) is 25.7 Å². The Kier molecular flexibility index (Phi) is 6.53. The molecule has 0 bridgehead atoms. The minimum Gasteiger partial charge on any atom is -0.469 e. The Bertz CT molecular complexity index is 548. The predicted molar refractivity (Wildman–Crippen MR) is 69.9 cm³/mol. The van der Waals surface area contributed by atoms with E-state index in [2.05, 4.69) is 14.4 Å². The first-order valence-electron chi connectivity index (χ1n) is 6.13. The lowest BCUT2D eigenvalue weighted by molar-refractivity contribution is -0.140. The minimum absolute atomic E-state index is 0.202. The number of pyridine rings is 1. The second-order valence-corrected chi connectivity index (χ2v) is 5.89. The number of nitrogens with one attached hydrogen (secondary N) is 1. The number of unbranched alkanes of at least 4 members (excludes halogenated alkanes) is 2. The van der Waals surface area contributed by atoms with Crippen molar-refractivity contribution in [3.8, 4) is 0 Å². The van der Waals surface area contributed by atoms with E-state index < -0.39 is 15.8 Å². The molecule has 1 aromatic heterocycles. The molecule has 8 heteroatoms. The summed E-state index contributed by atoms with van der Waals surface area (Å²) in [4.78, 5) is 14.1. The van der Waals surface area contributed by atoms with Gasteiger partial charge in [0.25, 0.3) is 0 Å². The quantitative estimate of drug-likeness (QED) is 0.577. The molecule has 112 valence electrons. The molecular formula is C12H17FN2O4S. The summed E-state index contributed by atoms with van der Waals surface area (Å²) in [5, 5.41) is 0. The van der Waals surface area contributed by atoms with Gasteiger partial charge in [0.15, 0.2) is 0 Å². The summed E-state index contributed by atoms with van der Waals surface area (Å²) in [6, 6.07) is 0.909. The largest absolute Gasteiger partial charge is 0.469 e. The zero-order valence-corrected chi connectivity index (χ0v) is 12.0. The third-order valence-electron chi connectivity index (χ3n) is 2.57. The SMILES string of the molecule is COC(=O)CCCCCNS(=O)(=O)c1cncc(F)c1. The lowest BCUT2D eigenvalue weighted by atomic mass is 10.2. The normalized spacial score (nSPS) is 11.3. The van der Waals surface area contributed by atoms with Crippen LogP contribution in [0.2, 0.25) is 0 Å². The summed E-state index contributed by atoms with van der Waals surface area (Å²) >= 11 is 0. The Balaban J connectivity index is 2.32. The predicted octanol–water partition coefficient (Wildman–Crippen LogP) is 1.23. The molecular weight excluding hydrogens is 287 g/mol. The van der Waals surface area contributed by atoms with Crippen molar-refractivity contribution >= 4 is 16.0 Å². The van der Waals surface area contributed by atoms with E-state index in [4.69, 9.17) is 0 Å². The molecule has 0 fully saturated rings. The van der Waals surface area contributed by atoms with Crippen LogP contribution in [0, 0.1) is 5.82 Å². The number of esters is 1. The van der Waals surface area contributed by atoms with Crippen molar-refractivity contribution in [3.05, 3.63) is 24.3 Å². The topological polar surface area (TPSA) is 85.4 Å². The van der Waals surface area contributed by atoms with E-state index in [1.54, 1.807) is 0 Å². The van der Waals surface area contributed by atoms with Gasteiger partial charge in [0.1, 0.15) is 10.7 Å². The van der Waals surface area contributed by atoms with E-state index in [-0.39, 0.29) is 17.4 Å². The van der Waals surface area contributed by atoms with Crippen LogP contribution in [-0.2, 0) is 19.6 Å². The van der Waals surface area contributed by atoms with Crippen LogP contribution in [0.4, 0.5) is 4.39 Å². The molecule has 1 N–H and O–H groups in total. The zero-order valence-electron chi connectivity index (χ0n) is 11.1. The van der Waals surface area contributed by atoms with Crippen molar-refractivity contribution in [1.82, 2.24) is 9.71 Å². The Morgan fingerprint density at radius 1 is 1.35 bits per heavy atom. The average molecular weight is 304 g/mol. The highest BCUT2D eigenvalue weighted by molar-refractivity contribution is 7.89. The van der Waals surface area contributed by atoms with Crippen LogP contribution in [-0.4, -0.2) is 33.0 Å². The number of halogens is 1. The van der Waals surface area contributed by atoms with Gasteiger partial charge in [0, 0.05) is 19.2 Å². The van der Waals surface area contributed by atoms with Crippen LogP contribution < -0.4 is 4.72 Å². The number of nitrogens with zero attached hydrogens (tertiary/aromatic N) is 1. The molecule has 1 aromatic rings. The average Bonchev–Trinajstić information content (AvgIpc) is 2.42. The number of sulfonamides is 1. The number of ether oxygens (including phenoxy) is 1. The van der Waals surface area contributed by atoms with Crippen LogP contribution in [0.15, 0.2) is 23.4 Å². The van der Waals surface area contributed by atoms with Gasteiger partial charge in [-0.25, -0.2) is 17.5 Å². The summed E-state index contributed by atoms with van der Waals surface area (Å²) in [6.45, 7) is 0.222. The van der Waals surface area contributed by atoms with Crippen molar-refractivity contribution in [3.63, 3.8) is 0 Å². The van der Waals surface area contributed by atoms with E-state index in [0.29, 0.717) is 25.7 Å². The van der Waals surface area contributed by atoms with E-state index in [1.165, 1.54) is 7.11 Å². The van der Waals surface area contributed by atoms with Gasteiger partial charge in [0.2, 0.25) is 10.0 Å². The van der Waals surface area contributed by atoms with Gasteiger partial charge in [0.05, 0.1) is 13.3 Å². The number of carbonyl (C=O) groups excluding carboxylic acids is 1. The van der Waals surface area contributed by atoms with Crippen molar-refractivity contribution in [2.45, 2.75) is 30.6 Å². The number of rotatable bonds is 8. The smallest absolute Gasteiger partial charge is 0.305 e. The molecule has 0 unspecified atom stereocenters. The molecule has 0 radical (unpaired) electrons. The molecule has 6 nitrogen and oxygen atoms in total. The van der Waals surface area contributed by atoms with Gasteiger partial charge in [-0.05, 0) is 18.9 Å². The number of methoxy groups -OCH3 is 1. The molecule has 0 spiro atoms. The van der Waals surface area contributed by atoms with Crippen molar-refractivity contribution in [2.75, 3.05) is 13.7 Å². The third-order valence-corrected chi connectivity index (χ3v) is 4.00. The fraction of sp³-hybridized carbons (Fsp3) is 0.500. The molecule has 1 rings (SSSR count). The minimum atomic E-state index is -3.74. The Morgan fingerprint density at radius 3 is 2.75 bits per heavy atom. The van der Waals surface area contributed by atoms with Gasteiger partial charge in [-0.1, -0.05) is 6.42 Å². The molecule has 20 heavy (non-hydrogen) atoms. The molecule has 1 heterocycles. The van der Waals surface area contributed by atoms with E-state index >= 15 is 0 Å². The van der Waals surface area contributed by atoms with Crippen LogP contribution in [0.3, 0.4) is 0 Å². The first-order chi connectivity index (χ1) is 9.45. The maximum absolute atomic E-state index is 12.9. The summed E-state index contributed by atoms with van der Waals surface area (Å²) in [5.74, 6) is -0.984. The Morgan fingerprint density at radius 2 is 2.10 bits per heavy atom. The summed E-state index contributed by atoms with van der Waals surface area (Å²) in [6.07, 6.45) is 4.25. The van der Waals surface area contributed by atoms with Crippen molar-refractivity contribution in [2.24, 2.45) is 0 Å². The number of hydrogen-bond donors (Lipinski definition) is 1. The number of hydrogen-bond acceptors (Lipinski definition) is 5. The molecule has 0 amide bonds. The first-order valence-corrected chi connectivity index (χ1v) is 7.61. The third kappa shape index (κ3) is 5.62. The molecule has 0 atom stereocenters. The standard InChI is InChI=1S/C12H17FN2O4S/c1-19-12(16)5-3-2-4-6-15-20(17,18)11-7-10(13)8-14-9-11/h7-9,15H,2-6H2,1H3. The van der Waals surface area contributed by atoms with Gasteiger partial charge in [-0.3, -0.25) is 9.78 Å². The van der Waals surface area contributed by atoms with Crippen LogP contribution in [0.25, 0.3) is 0 Å². The highest BCUT2D eigenvalue weighted by atomic mass is 32.2. The number of aromatic nitrogens is 1. The fourth-order valence-electron chi connectivity index (χ4n) is 1.50. The van der Waals surface area contributed by atoms with E-state index in [0.717, 1.165) is 18.5 Å². The lowest BCUT2D eigenvalue weighted by Gasteiger charge is -2.06. The van der Waals surface area contributed by atoms with Crippen molar-refractivity contribution in [1.29, 1.82) is 0 Å². The second-order valence-electron chi connectivity index (χ2n) is 4.12. The van der Waals surface area contributed by atoms with Gasteiger partial charge in [-0.15, -0.1) is 0 Å². The molecule has 0 aliphatic rings. The van der Waals surface area contributed by atoms with Crippen LogP contribution in [0.5, 0.6) is 0 Å². The lowest BCUT2D eigenvalue weighted by Crippen LogP contribution is -2.25. The summed E-state index contributed by atoms with van der Waals surface area (Å²) in [7, 11) is -2.41. The highest BCUT2D eigenvalue weighted by Gasteiger charge is 2.14. The van der Waals surface area contributed by atoms with Gasteiger partial charge in [-0.2, -0.15) is 0 Å². The highest BCUT2D eigenvalue weighted by Crippen LogP contribution is 2.08. The van der Waals surface area contributed by atoms with E-state index in [9.17, 15) is 17.6 Å². The van der Waals surface area contributed by atoms with Crippen LogP contribution >= 0.6 is 0 Å². The number of carbonyl (C=O) groups is 1. The molecule has 0 aliphatic carbocycles. The maximum atomic E-state index is 12.9. The Hall–Kier alpha value is -1.54. The fourth-order valence-corrected chi connectivity index (χ4v) is 2.55. The van der Waals surface area contributed by atoms with Gasteiger partial charge < -0.3 is 4.74 Å². The van der Waals surface area contributed by atoms with Gasteiger partial charge >= 0.3 is 5.97 Å². The summed E-state index contributed by atoms with van der Waals surface area (Å²) < 4.78 is 43.3. The monoisotopic (exact) mass is 304 g/mol. The molecule has 0 aliphatic heterocycles. The zero-order chi connectivity index (χ0) is 15.0. The first kappa shape index (κ1) is 16.5. The Labute approximate surface area is 117 Å². The maximum Gasteiger partial charge on any atom is 0.305 e. The van der Waals surface area contributed by atoms with E-state index in [1.807, 2.05) is 0 Å². The summed E-state index contributed by atoms with van der Waals surface area (Å²) in [5.41, 5.74) is 0. The molecule has 0 saturated carbocycles. The molecule has 0 saturated heterocycles.